The van der Waals surface area contributed by atoms with E-state index in [1.807, 2.05) is 0 Å². The van der Waals surface area contributed by atoms with Gasteiger partial charge >= 0.3 is 11.9 Å². The minimum absolute atomic E-state index is 0.00975. The topological polar surface area (TPSA) is 114 Å². The number of carboxylic acid groups (broad SMARTS) is 1. The van der Waals surface area contributed by atoms with E-state index in [1.165, 1.54) is 24.1 Å². The second kappa shape index (κ2) is 5.99. The molecule has 0 aliphatic carbocycles. The van der Waals surface area contributed by atoms with Crippen LogP contribution in [0.5, 0.6) is 0 Å². The van der Waals surface area contributed by atoms with Crippen molar-refractivity contribution < 1.29 is 19.4 Å². The smallest absolute Gasteiger partial charge is 0.341 e. The number of hydrogen-bond acceptors (Lipinski definition) is 5. The van der Waals surface area contributed by atoms with Crippen LogP contribution in [0.1, 0.15) is 22.0 Å². The molecule has 1 aromatic carbocycles. The minimum Gasteiger partial charge on any atom is -0.479 e. The molecule has 2 aliphatic rings. The Balaban J connectivity index is 2.26. The molecule has 1 atom stereocenters. The van der Waals surface area contributed by atoms with Crippen molar-refractivity contribution >= 4 is 11.9 Å². The number of nitrogens with zero attached hydrogens (tertiary/aromatic N) is 2. The number of aliphatic carboxylic acids is 1. The van der Waals surface area contributed by atoms with Crippen molar-refractivity contribution in [3.63, 3.8) is 0 Å². The first-order valence-corrected chi connectivity index (χ1v) is 6.99. The molecule has 2 aliphatic heterocycles. The van der Waals surface area contributed by atoms with Crippen LogP contribution in [-0.2, 0) is 9.53 Å². The quantitative estimate of drug-likeness (QED) is 0.694. The van der Waals surface area contributed by atoms with E-state index in [1.54, 1.807) is 30.3 Å². The Morgan fingerprint density at radius 1 is 1.25 bits per heavy atom. The van der Waals surface area contributed by atoms with E-state index in [2.05, 4.69) is 10.2 Å². The number of nitrogens with one attached hydrogen (secondary N) is 1. The number of H-pyrrole nitrogens is 1. The fraction of sp³-hybridized carbons (Fsp3) is 0.125. The predicted molar refractivity (Wildman–Crippen MR) is 83.0 cm³/mol. The number of carbonyl (C=O) groups is 2. The molecule has 24 heavy (non-hydrogen) atoms. The number of methoxy groups -OCH3 is 1. The van der Waals surface area contributed by atoms with Crippen molar-refractivity contribution in [2.75, 3.05) is 7.11 Å². The van der Waals surface area contributed by atoms with Crippen molar-refractivity contribution in [2.45, 2.75) is 6.04 Å². The zero-order chi connectivity index (χ0) is 17.3. The number of aromatic amines is 1. The molecule has 2 heterocycles. The van der Waals surface area contributed by atoms with E-state index in [4.69, 9.17) is 4.74 Å². The van der Waals surface area contributed by atoms with Crippen LogP contribution in [0.4, 0.5) is 0 Å². The van der Waals surface area contributed by atoms with Gasteiger partial charge in [-0.2, -0.15) is 5.10 Å². The standard InChI is InChI=1S/C16H13N3O5/c1-24-16(23)11-8-19(7-10-12(11)17-18-14(10)20)13(15(21)22)9-5-3-2-4-6-9/h2-8,13H,1H3,(H,18,20)(H,21,22)/t13-/m1/s1. The monoisotopic (exact) mass is 327 g/mol. The van der Waals surface area contributed by atoms with Gasteiger partial charge in [-0.3, -0.25) is 4.79 Å². The van der Waals surface area contributed by atoms with Crippen LogP contribution in [0.3, 0.4) is 0 Å². The van der Waals surface area contributed by atoms with Crippen LogP contribution >= 0.6 is 0 Å². The van der Waals surface area contributed by atoms with Gasteiger partial charge < -0.3 is 14.4 Å². The summed E-state index contributed by atoms with van der Waals surface area (Å²) in [4.78, 5) is 35.6. The summed E-state index contributed by atoms with van der Waals surface area (Å²) in [6, 6.07) is 7.39. The first kappa shape index (κ1) is 15.5. The van der Waals surface area contributed by atoms with E-state index in [0.717, 1.165) is 0 Å². The average Bonchev–Trinajstić information content (AvgIpc) is 2.96. The highest BCUT2D eigenvalue weighted by Gasteiger charge is 2.27. The number of rotatable bonds is 4. The fourth-order valence-electron chi connectivity index (χ4n) is 2.54. The van der Waals surface area contributed by atoms with Crippen LogP contribution in [0.2, 0.25) is 0 Å². The van der Waals surface area contributed by atoms with Gasteiger partial charge in [0.2, 0.25) is 0 Å². The molecule has 1 aromatic rings. The number of esters is 1. The van der Waals surface area contributed by atoms with Crippen LogP contribution in [-0.4, -0.2) is 38.9 Å². The summed E-state index contributed by atoms with van der Waals surface area (Å²) in [6.07, 6.45) is 2.68. The summed E-state index contributed by atoms with van der Waals surface area (Å²) < 4.78 is 5.99. The molecule has 8 nitrogen and oxygen atoms in total. The van der Waals surface area contributed by atoms with Gasteiger partial charge in [0.05, 0.1) is 12.7 Å². The van der Waals surface area contributed by atoms with E-state index in [0.29, 0.717) is 5.56 Å². The molecule has 0 aromatic heterocycles. The first-order valence-electron chi connectivity index (χ1n) is 6.99. The highest BCUT2D eigenvalue weighted by Crippen LogP contribution is 2.26. The molecule has 122 valence electrons. The molecule has 8 heteroatoms. The second-order valence-corrected chi connectivity index (χ2v) is 5.08. The largest absolute Gasteiger partial charge is 0.479 e. The first-order chi connectivity index (χ1) is 11.5. The second-order valence-electron chi connectivity index (χ2n) is 5.08. The molecule has 0 unspecified atom stereocenters. The van der Waals surface area contributed by atoms with Gasteiger partial charge in [0.1, 0.15) is 11.3 Å². The maximum Gasteiger partial charge on any atom is 0.341 e. The van der Waals surface area contributed by atoms with E-state index >= 15 is 0 Å². The van der Waals surface area contributed by atoms with Gasteiger partial charge in [0.15, 0.2) is 6.04 Å². The molecule has 0 spiro atoms. The van der Waals surface area contributed by atoms with Crippen LogP contribution < -0.4 is 5.56 Å². The number of carbonyl (C=O) groups excluding carboxylic acids is 1. The van der Waals surface area contributed by atoms with Crippen molar-refractivity contribution in [3.05, 3.63) is 64.2 Å². The maximum absolute atomic E-state index is 12.0. The summed E-state index contributed by atoms with van der Waals surface area (Å²) in [5, 5.41) is 15.7. The van der Waals surface area contributed by atoms with Crippen molar-refractivity contribution in [3.8, 4) is 11.3 Å². The van der Waals surface area contributed by atoms with Crippen LogP contribution in [0, 0.1) is 0 Å². The van der Waals surface area contributed by atoms with Gasteiger partial charge in [-0.15, -0.1) is 0 Å². The van der Waals surface area contributed by atoms with E-state index in [-0.39, 0.29) is 16.8 Å². The molecular formula is C16H13N3O5. The summed E-state index contributed by atoms with van der Waals surface area (Å²) in [6.45, 7) is 0. The number of hydrogen-bond donors (Lipinski definition) is 2. The SMILES string of the molecule is COC(=O)c1cn([C@@H](C(=O)O)c2ccccc2)cc2c(=O)[nH]nc1-2. The average molecular weight is 327 g/mol. The molecule has 2 N–H and O–H groups in total. The Morgan fingerprint density at radius 2 is 1.96 bits per heavy atom. The zero-order valence-corrected chi connectivity index (χ0v) is 12.6. The lowest BCUT2D eigenvalue weighted by molar-refractivity contribution is -0.139. The van der Waals surface area contributed by atoms with Crippen LogP contribution in [0.15, 0.2) is 47.5 Å². The Bertz CT molecular complexity index is 928. The lowest BCUT2D eigenvalue weighted by atomic mass is 10.0. The van der Waals surface area contributed by atoms with Gasteiger partial charge in [0, 0.05) is 12.4 Å². The molecule has 0 radical (unpaired) electrons. The highest BCUT2D eigenvalue weighted by molar-refractivity contribution is 5.96. The third-order valence-corrected chi connectivity index (χ3v) is 3.63. The molecule has 0 fully saturated rings. The highest BCUT2D eigenvalue weighted by atomic mass is 16.5. The molecule has 0 saturated heterocycles. The van der Waals surface area contributed by atoms with E-state index in [9.17, 15) is 19.5 Å². The number of pyridine rings is 1. The maximum atomic E-state index is 12.0. The van der Waals surface area contributed by atoms with Gasteiger partial charge in [0.25, 0.3) is 5.56 Å². The van der Waals surface area contributed by atoms with Crippen molar-refractivity contribution in [1.82, 2.24) is 14.8 Å². The van der Waals surface area contributed by atoms with Crippen molar-refractivity contribution in [2.24, 2.45) is 0 Å². The summed E-state index contributed by atoms with van der Waals surface area (Å²) in [7, 11) is 1.20. The van der Waals surface area contributed by atoms with Crippen molar-refractivity contribution in [1.29, 1.82) is 0 Å². The molecule has 0 bridgehead atoms. The molecule has 0 amide bonds. The lowest BCUT2D eigenvalue weighted by Crippen LogP contribution is -2.22. The van der Waals surface area contributed by atoms with E-state index < -0.39 is 23.5 Å². The molecular weight excluding hydrogens is 314 g/mol. The lowest BCUT2D eigenvalue weighted by Gasteiger charge is -2.19. The summed E-state index contributed by atoms with van der Waals surface area (Å²) in [5.74, 6) is -1.84. The summed E-state index contributed by atoms with van der Waals surface area (Å²) >= 11 is 0. The zero-order valence-electron chi connectivity index (χ0n) is 12.6. The van der Waals surface area contributed by atoms with Gasteiger partial charge in [-0.1, -0.05) is 30.3 Å². The van der Waals surface area contributed by atoms with Gasteiger partial charge in [-0.25, -0.2) is 14.7 Å². The fourth-order valence-corrected chi connectivity index (χ4v) is 2.54. The Hall–Kier alpha value is -3.42. The molecule has 3 rings (SSSR count). The number of carboxylic acids is 1. The number of benzene rings is 1. The molecule has 0 saturated carbocycles. The third kappa shape index (κ3) is 2.54. The Labute approximate surface area is 135 Å². The van der Waals surface area contributed by atoms with Gasteiger partial charge in [-0.05, 0) is 5.56 Å². The minimum atomic E-state index is -1.13. The summed E-state index contributed by atoms with van der Waals surface area (Å²) in [5.41, 5.74) is 0.249. The number of ether oxygens (including phenoxy) is 1. The van der Waals surface area contributed by atoms with Crippen LogP contribution in [0.25, 0.3) is 11.3 Å². The third-order valence-electron chi connectivity index (χ3n) is 3.63. The Morgan fingerprint density at radius 3 is 2.58 bits per heavy atom. The predicted octanol–water partition coefficient (Wildman–Crippen LogP) is 1.14. The number of aromatic nitrogens is 3. The number of fused-ring (bicyclic) bond motifs is 1. The Kier molecular flexibility index (Phi) is 3.87. The normalized spacial score (nSPS) is 12.0.